The van der Waals surface area contributed by atoms with Gasteiger partial charge in [0.1, 0.15) is 11.5 Å². The molecule has 172 valence electrons. The maximum Gasteiger partial charge on any atom is 0.260 e. The molecule has 2 heterocycles. The summed E-state index contributed by atoms with van der Waals surface area (Å²) in [4.78, 5) is 30.2. The highest BCUT2D eigenvalue weighted by Crippen LogP contribution is 2.28. The van der Waals surface area contributed by atoms with Crippen molar-refractivity contribution in [2.45, 2.75) is 25.7 Å². The van der Waals surface area contributed by atoms with Gasteiger partial charge in [0, 0.05) is 31.3 Å². The first-order valence-corrected chi connectivity index (χ1v) is 10.8. The molecule has 0 radical (unpaired) electrons. The Hall–Kier alpha value is -3.88. The monoisotopic (exact) mass is 450 g/mol. The van der Waals surface area contributed by atoms with Crippen LogP contribution in [-0.4, -0.2) is 53.7 Å². The molecule has 1 atom stereocenters. The third kappa shape index (κ3) is 5.68. The van der Waals surface area contributed by atoms with Crippen LogP contribution in [0.5, 0.6) is 11.5 Å². The van der Waals surface area contributed by atoms with Crippen LogP contribution in [0.4, 0.5) is 5.69 Å². The van der Waals surface area contributed by atoms with Gasteiger partial charge < -0.3 is 24.2 Å². The van der Waals surface area contributed by atoms with Crippen LogP contribution in [0.15, 0.2) is 53.1 Å². The maximum atomic E-state index is 12.7. The predicted molar refractivity (Wildman–Crippen MR) is 121 cm³/mol. The molecule has 33 heavy (non-hydrogen) atoms. The number of hydrogen-bond acceptors (Lipinski definition) is 7. The van der Waals surface area contributed by atoms with Crippen LogP contribution in [0.25, 0.3) is 11.4 Å². The van der Waals surface area contributed by atoms with Crippen LogP contribution >= 0.6 is 0 Å². The smallest absolute Gasteiger partial charge is 0.260 e. The number of nitrogens with one attached hydrogen (secondary N) is 1. The number of anilines is 1. The number of rotatable bonds is 7. The van der Waals surface area contributed by atoms with Gasteiger partial charge in [-0.05, 0) is 61.4 Å². The Kier molecular flexibility index (Phi) is 6.87. The molecule has 2 aromatic carbocycles. The number of amides is 2. The summed E-state index contributed by atoms with van der Waals surface area (Å²) in [6, 6.07) is 14.4. The second-order valence-electron chi connectivity index (χ2n) is 7.86. The van der Waals surface area contributed by atoms with E-state index < -0.39 is 0 Å². The number of methoxy groups -OCH3 is 1. The van der Waals surface area contributed by atoms with Crippen LogP contribution in [-0.2, 0) is 9.59 Å². The summed E-state index contributed by atoms with van der Waals surface area (Å²) in [5.74, 6) is 2.11. The Morgan fingerprint density at radius 2 is 1.85 bits per heavy atom. The number of carbonyl (C=O) groups excluding carboxylic acids is 2. The van der Waals surface area contributed by atoms with Crippen molar-refractivity contribution >= 4 is 17.5 Å². The largest absolute Gasteiger partial charge is 0.497 e. The summed E-state index contributed by atoms with van der Waals surface area (Å²) in [5.41, 5.74) is 1.49. The molecular weight excluding hydrogens is 424 g/mol. The lowest BCUT2D eigenvalue weighted by Gasteiger charge is -2.30. The molecule has 0 saturated carbocycles. The van der Waals surface area contributed by atoms with E-state index in [1.54, 1.807) is 48.4 Å². The molecule has 1 N–H and O–H groups in total. The SMILES string of the molecule is COc1ccc(OCC(=O)N2CCC[C@@H](c3nc(-c4ccc(NC(C)=O)cc4)no3)C2)cc1. The number of nitrogens with zero attached hydrogens (tertiary/aromatic N) is 3. The van der Waals surface area contributed by atoms with Gasteiger partial charge in [-0.1, -0.05) is 5.16 Å². The maximum absolute atomic E-state index is 12.7. The highest BCUT2D eigenvalue weighted by Gasteiger charge is 2.29. The van der Waals surface area contributed by atoms with Crippen molar-refractivity contribution in [1.29, 1.82) is 0 Å². The first-order valence-electron chi connectivity index (χ1n) is 10.8. The van der Waals surface area contributed by atoms with Crippen LogP contribution < -0.4 is 14.8 Å². The molecule has 0 aliphatic carbocycles. The van der Waals surface area contributed by atoms with E-state index in [2.05, 4.69) is 15.5 Å². The van der Waals surface area contributed by atoms with Crippen LogP contribution in [0.1, 0.15) is 31.6 Å². The number of benzene rings is 2. The summed E-state index contributed by atoms with van der Waals surface area (Å²) < 4.78 is 16.3. The number of likely N-dealkylation sites (tertiary alicyclic amines) is 1. The first kappa shape index (κ1) is 22.3. The van der Waals surface area contributed by atoms with E-state index in [0.29, 0.717) is 36.2 Å². The van der Waals surface area contributed by atoms with Crippen molar-refractivity contribution in [2.24, 2.45) is 0 Å². The summed E-state index contributed by atoms with van der Waals surface area (Å²) in [6.07, 6.45) is 1.72. The van der Waals surface area contributed by atoms with Crippen molar-refractivity contribution in [2.75, 3.05) is 32.1 Å². The van der Waals surface area contributed by atoms with Crippen molar-refractivity contribution in [3.63, 3.8) is 0 Å². The molecule has 1 fully saturated rings. The van der Waals surface area contributed by atoms with E-state index in [1.165, 1.54) is 6.92 Å². The van der Waals surface area contributed by atoms with Crippen molar-refractivity contribution in [3.8, 4) is 22.9 Å². The summed E-state index contributed by atoms with van der Waals surface area (Å²) in [5, 5.41) is 6.83. The summed E-state index contributed by atoms with van der Waals surface area (Å²) in [7, 11) is 1.60. The molecule has 3 aromatic rings. The van der Waals surface area contributed by atoms with Gasteiger partial charge in [-0.3, -0.25) is 9.59 Å². The molecule has 0 bridgehead atoms. The van der Waals surface area contributed by atoms with Gasteiger partial charge in [-0.25, -0.2) is 0 Å². The fourth-order valence-corrected chi connectivity index (χ4v) is 3.74. The van der Waals surface area contributed by atoms with Gasteiger partial charge in [-0.2, -0.15) is 4.98 Å². The average molecular weight is 450 g/mol. The molecule has 1 aliphatic heterocycles. The van der Waals surface area contributed by atoms with Crippen molar-refractivity contribution in [1.82, 2.24) is 15.0 Å². The zero-order chi connectivity index (χ0) is 23.2. The van der Waals surface area contributed by atoms with Gasteiger partial charge in [-0.15, -0.1) is 0 Å². The number of hydrogen-bond donors (Lipinski definition) is 1. The van der Waals surface area contributed by atoms with E-state index >= 15 is 0 Å². The Balaban J connectivity index is 1.34. The normalized spacial score (nSPS) is 15.7. The van der Waals surface area contributed by atoms with Crippen molar-refractivity contribution in [3.05, 3.63) is 54.4 Å². The lowest BCUT2D eigenvalue weighted by molar-refractivity contribution is -0.134. The lowest BCUT2D eigenvalue weighted by atomic mass is 9.98. The minimum Gasteiger partial charge on any atom is -0.497 e. The van der Waals surface area contributed by atoms with E-state index in [-0.39, 0.29) is 24.3 Å². The zero-order valence-electron chi connectivity index (χ0n) is 18.6. The Labute approximate surface area is 191 Å². The molecule has 1 saturated heterocycles. The zero-order valence-corrected chi connectivity index (χ0v) is 18.6. The van der Waals surface area contributed by atoms with Gasteiger partial charge in [0.05, 0.1) is 13.0 Å². The minimum atomic E-state index is -0.129. The molecular formula is C24H26N4O5. The molecule has 1 aliphatic rings. The third-order valence-electron chi connectivity index (χ3n) is 5.45. The standard InChI is InChI=1S/C24H26N4O5/c1-16(29)25-19-7-5-17(6-8-19)23-26-24(33-27-23)18-4-3-13-28(14-18)22(30)15-32-21-11-9-20(31-2)10-12-21/h5-12,18H,3-4,13-15H2,1-2H3,(H,25,29)/t18-/m1/s1. The van der Waals surface area contributed by atoms with E-state index in [9.17, 15) is 9.59 Å². The van der Waals surface area contributed by atoms with Gasteiger partial charge in [0.15, 0.2) is 6.61 Å². The number of aromatic nitrogens is 2. The fraction of sp³-hybridized carbons (Fsp3) is 0.333. The topological polar surface area (TPSA) is 107 Å². The van der Waals surface area contributed by atoms with E-state index in [0.717, 1.165) is 24.2 Å². The fourth-order valence-electron chi connectivity index (χ4n) is 3.74. The minimum absolute atomic E-state index is 0.0245. The molecule has 9 nitrogen and oxygen atoms in total. The average Bonchev–Trinajstić information content (AvgIpc) is 3.33. The molecule has 1 aromatic heterocycles. The second-order valence-corrected chi connectivity index (χ2v) is 7.86. The molecule has 2 amide bonds. The number of carbonyl (C=O) groups is 2. The summed E-state index contributed by atoms with van der Waals surface area (Å²) in [6.45, 7) is 2.61. The van der Waals surface area contributed by atoms with Crippen LogP contribution in [0, 0.1) is 0 Å². The molecule has 9 heteroatoms. The molecule has 0 spiro atoms. The van der Waals surface area contributed by atoms with Crippen LogP contribution in [0.2, 0.25) is 0 Å². The first-order chi connectivity index (χ1) is 16.0. The quantitative estimate of drug-likeness (QED) is 0.587. The Bertz CT molecular complexity index is 1090. The van der Waals surface area contributed by atoms with Gasteiger partial charge in [0.2, 0.25) is 17.6 Å². The van der Waals surface area contributed by atoms with E-state index in [4.69, 9.17) is 14.0 Å². The Morgan fingerprint density at radius 1 is 1.12 bits per heavy atom. The van der Waals surface area contributed by atoms with Crippen molar-refractivity contribution < 1.29 is 23.6 Å². The molecule has 4 rings (SSSR count). The van der Waals surface area contributed by atoms with Gasteiger partial charge in [0.25, 0.3) is 5.91 Å². The molecule has 0 unspecified atom stereocenters. The summed E-state index contributed by atoms with van der Waals surface area (Å²) >= 11 is 0. The predicted octanol–water partition coefficient (Wildman–Crippen LogP) is 3.49. The van der Waals surface area contributed by atoms with Crippen LogP contribution in [0.3, 0.4) is 0 Å². The second kappa shape index (κ2) is 10.2. The number of piperidine rings is 1. The lowest BCUT2D eigenvalue weighted by Crippen LogP contribution is -2.41. The Morgan fingerprint density at radius 3 is 2.55 bits per heavy atom. The highest BCUT2D eigenvalue weighted by atomic mass is 16.5. The van der Waals surface area contributed by atoms with Gasteiger partial charge >= 0.3 is 0 Å². The third-order valence-corrected chi connectivity index (χ3v) is 5.45. The highest BCUT2D eigenvalue weighted by molar-refractivity contribution is 5.88. The van der Waals surface area contributed by atoms with E-state index in [1.807, 2.05) is 12.1 Å². The number of ether oxygens (including phenoxy) is 2.